The molecule has 2 heterocycles. The van der Waals surface area contributed by atoms with Crippen molar-refractivity contribution in [1.29, 1.82) is 0 Å². The highest BCUT2D eigenvalue weighted by molar-refractivity contribution is 6.30. The summed E-state index contributed by atoms with van der Waals surface area (Å²) in [4.78, 5) is 28.1. The second-order valence-electron chi connectivity index (χ2n) is 5.05. The number of aromatic nitrogens is 1. The third-order valence-electron chi connectivity index (χ3n) is 3.26. The predicted molar refractivity (Wildman–Crippen MR) is 89.0 cm³/mol. The number of fused-ring (bicyclic) bond motifs is 1. The highest BCUT2D eigenvalue weighted by Crippen LogP contribution is 2.20. The zero-order valence-electron chi connectivity index (χ0n) is 12.7. The van der Waals surface area contributed by atoms with Gasteiger partial charge in [0.05, 0.1) is 5.02 Å². The number of benzene rings is 1. The lowest BCUT2D eigenvalue weighted by atomic mass is 10.2. The van der Waals surface area contributed by atoms with Crippen LogP contribution in [0, 0.1) is 0 Å². The van der Waals surface area contributed by atoms with E-state index < -0.39 is 18.0 Å². The van der Waals surface area contributed by atoms with Crippen LogP contribution >= 0.6 is 11.6 Å². The van der Waals surface area contributed by atoms with Gasteiger partial charge in [-0.3, -0.25) is 4.79 Å². The van der Waals surface area contributed by atoms with Gasteiger partial charge < -0.3 is 14.5 Å². The van der Waals surface area contributed by atoms with Crippen LogP contribution in [0.1, 0.15) is 17.5 Å². The SMILES string of the molecule is CC(OC(=O)c1cc2ccccc2o1)C(=O)Nc1ccc(Cl)cn1. The molecular formula is C17H13ClN2O4. The summed E-state index contributed by atoms with van der Waals surface area (Å²) in [5, 5.41) is 3.78. The van der Waals surface area contributed by atoms with Crippen molar-refractivity contribution in [3.05, 3.63) is 59.4 Å². The molecule has 1 aromatic carbocycles. The minimum atomic E-state index is -1.01. The Morgan fingerprint density at radius 1 is 1.25 bits per heavy atom. The van der Waals surface area contributed by atoms with Crippen LogP contribution in [0.25, 0.3) is 11.0 Å². The van der Waals surface area contributed by atoms with Gasteiger partial charge >= 0.3 is 5.97 Å². The average Bonchev–Trinajstić information content (AvgIpc) is 3.01. The van der Waals surface area contributed by atoms with Crippen molar-refractivity contribution in [2.45, 2.75) is 13.0 Å². The van der Waals surface area contributed by atoms with E-state index in [2.05, 4.69) is 10.3 Å². The average molecular weight is 345 g/mol. The van der Waals surface area contributed by atoms with E-state index >= 15 is 0 Å². The van der Waals surface area contributed by atoms with Crippen LogP contribution in [0.4, 0.5) is 5.82 Å². The Labute approximate surface area is 142 Å². The molecule has 0 radical (unpaired) electrons. The van der Waals surface area contributed by atoms with Gasteiger partial charge in [0.2, 0.25) is 5.76 Å². The number of nitrogens with zero attached hydrogens (tertiary/aromatic N) is 1. The summed E-state index contributed by atoms with van der Waals surface area (Å²) in [6.07, 6.45) is 0.394. The van der Waals surface area contributed by atoms with Gasteiger partial charge in [-0.1, -0.05) is 29.8 Å². The fraction of sp³-hybridized carbons (Fsp3) is 0.118. The predicted octanol–water partition coefficient (Wildman–Crippen LogP) is 3.67. The molecule has 24 heavy (non-hydrogen) atoms. The Kier molecular flexibility index (Phi) is 4.48. The lowest BCUT2D eigenvalue weighted by Crippen LogP contribution is -2.30. The number of carbonyl (C=O) groups is 2. The standard InChI is InChI=1S/C17H13ClN2O4/c1-10(16(21)20-15-7-6-12(18)9-19-15)23-17(22)14-8-11-4-2-3-5-13(11)24-14/h2-10H,1H3,(H,19,20,21). The van der Waals surface area contributed by atoms with Gasteiger partial charge in [0.1, 0.15) is 11.4 Å². The molecule has 0 fully saturated rings. The minimum absolute atomic E-state index is 0.0421. The molecule has 0 aliphatic rings. The number of para-hydroxylation sites is 1. The molecule has 6 nitrogen and oxygen atoms in total. The van der Waals surface area contributed by atoms with Crippen LogP contribution < -0.4 is 5.32 Å². The Balaban J connectivity index is 1.64. The maximum Gasteiger partial charge on any atom is 0.375 e. The molecular weight excluding hydrogens is 332 g/mol. The quantitative estimate of drug-likeness (QED) is 0.730. The lowest BCUT2D eigenvalue weighted by Gasteiger charge is -2.12. The molecule has 1 unspecified atom stereocenters. The Hall–Kier alpha value is -2.86. The van der Waals surface area contributed by atoms with E-state index in [0.29, 0.717) is 16.4 Å². The van der Waals surface area contributed by atoms with Gasteiger partial charge in [-0.2, -0.15) is 0 Å². The fourth-order valence-electron chi connectivity index (χ4n) is 2.03. The van der Waals surface area contributed by atoms with Crippen molar-refractivity contribution in [3.63, 3.8) is 0 Å². The zero-order valence-corrected chi connectivity index (χ0v) is 13.4. The largest absolute Gasteiger partial charge is 0.449 e. The maximum absolute atomic E-state index is 12.1. The number of amides is 1. The first-order valence-electron chi connectivity index (χ1n) is 7.15. The molecule has 1 amide bonds. The van der Waals surface area contributed by atoms with E-state index in [-0.39, 0.29) is 5.76 Å². The van der Waals surface area contributed by atoms with Gasteiger partial charge in [-0.15, -0.1) is 0 Å². The van der Waals surface area contributed by atoms with Crippen LogP contribution in [0.15, 0.2) is 53.1 Å². The van der Waals surface area contributed by atoms with Crippen molar-refractivity contribution in [3.8, 4) is 0 Å². The molecule has 0 aliphatic carbocycles. The smallest absolute Gasteiger partial charge is 0.375 e. The van der Waals surface area contributed by atoms with Gasteiger partial charge in [0.15, 0.2) is 6.10 Å². The summed E-state index contributed by atoms with van der Waals surface area (Å²) in [5.41, 5.74) is 0.576. The Morgan fingerprint density at radius 2 is 2.04 bits per heavy atom. The molecule has 3 rings (SSSR count). The summed E-state index contributed by atoms with van der Waals surface area (Å²) in [5.74, 6) is -0.858. The number of ether oxygens (including phenoxy) is 1. The number of anilines is 1. The molecule has 0 saturated carbocycles. The summed E-state index contributed by atoms with van der Waals surface area (Å²) in [7, 11) is 0. The molecule has 0 aliphatic heterocycles. The van der Waals surface area contributed by atoms with Gasteiger partial charge in [-0.05, 0) is 31.2 Å². The van der Waals surface area contributed by atoms with Crippen LogP contribution in [0.2, 0.25) is 5.02 Å². The van der Waals surface area contributed by atoms with Crippen molar-refractivity contribution in [2.24, 2.45) is 0 Å². The Bertz CT molecular complexity index is 856. The molecule has 122 valence electrons. The van der Waals surface area contributed by atoms with Crippen molar-refractivity contribution < 1.29 is 18.7 Å². The first kappa shape index (κ1) is 16.0. The van der Waals surface area contributed by atoms with Gasteiger partial charge in [0, 0.05) is 11.6 Å². The summed E-state index contributed by atoms with van der Waals surface area (Å²) >= 11 is 5.73. The van der Waals surface area contributed by atoms with Crippen LogP contribution in [0.3, 0.4) is 0 Å². The first-order valence-corrected chi connectivity index (χ1v) is 7.53. The highest BCUT2D eigenvalue weighted by Gasteiger charge is 2.21. The number of carbonyl (C=O) groups excluding carboxylic acids is 2. The van der Waals surface area contributed by atoms with Gasteiger partial charge in [-0.25, -0.2) is 9.78 Å². The Morgan fingerprint density at radius 3 is 2.75 bits per heavy atom. The number of esters is 1. The third-order valence-corrected chi connectivity index (χ3v) is 3.48. The van der Waals surface area contributed by atoms with Crippen LogP contribution in [-0.2, 0) is 9.53 Å². The number of hydrogen-bond acceptors (Lipinski definition) is 5. The van der Waals surface area contributed by atoms with Gasteiger partial charge in [0.25, 0.3) is 5.91 Å². The van der Waals surface area contributed by atoms with E-state index in [1.807, 2.05) is 12.1 Å². The molecule has 1 atom stereocenters. The number of furan rings is 1. The number of nitrogens with one attached hydrogen (secondary N) is 1. The summed E-state index contributed by atoms with van der Waals surface area (Å²) < 4.78 is 10.5. The number of pyridine rings is 1. The third kappa shape index (κ3) is 3.55. The van der Waals surface area contributed by atoms with E-state index in [4.69, 9.17) is 20.8 Å². The molecule has 7 heteroatoms. The molecule has 1 N–H and O–H groups in total. The number of hydrogen-bond donors (Lipinski definition) is 1. The summed E-state index contributed by atoms with van der Waals surface area (Å²) in [6.45, 7) is 1.46. The summed E-state index contributed by atoms with van der Waals surface area (Å²) in [6, 6.07) is 11.9. The zero-order chi connectivity index (χ0) is 17.1. The minimum Gasteiger partial charge on any atom is -0.449 e. The van der Waals surface area contributed by atoms with E-state index in [0.717, 1.165) is 5.39 Å². The molecule has 0 bridgehead atoms. The van der Waals surface area contributed by atoms with Crippen LogP contribution in [0.5, 0.6) is 0 Å². The number of rotatable bonds is 4. The van der Waals surface area contributed by atoms with Crippen molar-refractivity contribution in [2.75, 3.05) is 5.32 Å². The van der Waals surface area contributed by atoms with Crippen molar-refractivity contribution >= 4 is 40.3 Å². The first-order chi connectivity index (χ1) is 11.5. The second-order valence-corrected chi connectivity index (χ2v) is 5.48. The van der Waals surface area contributed by atoms with E-state index in [1.54, 1.807) is 30.3 Å². The highest BCUT2D eigenvalue weighted by atomic mass is 35.5. The van der Waals surface area contributed by atoms with E-state index in [9.17, 15) is 9.59 Å². The van der Waals surface area contributed by atoms with Crippen molar-refractivity contribution in [1.82, 2.24) is 4.98 Å². The maximum atomic E-state index is 12.1. The molecule has 3 aromatic rings. The molecule has 0 saturated heterocycles. The molecule has 2 aromatic heterocycles. The number of halogens is 1. The van der Waals surface area contributed by atoms with Crippen LogP contribution in [-0.4, -0.2) is 23.0 Å². The lowest BCUT2D eigenvalue weighted by molar-refractivity contribution is -0.123. The normalized spacial score (nSPS) is 11.9. The second kappa shape index (κ2) is 6.72. The molecule has 0 spiro atoms. The topological polar surface area (TPSA) is 81.4 Å². The van der Waals surface area contributed by atoms with E-state index in [1.165, 1.54) is 13.1 Å². The fourth-order valence-corrected chi connectivity index (χ4v) is 2.14. The monoisotopic (exact) mass is 344 g/mol.